The number of nitrogens with one attached hydrogen (secondary N) is 5. The molecule has 0 spiro atoms. The van der Waals surface area contributed by atoms with Crippen LogP contribution in [0.3, 0.4) is 0 Å². The average Bonchev–Trinajstić information content (AvgIpc) is 3.70. The van der Waals surface area contributed by atoms with Gasteiger partial charge in [0.05, 0.1) is 59.3 Å². The maximum atomic E-state index is 12.7. The number of rotatable bonds is 26. The van der Waals surface area contributed by atoms with Crippen molar-refractivity contribution in [2.75, 3.05) is 89.8 Å². The number of anilines is 2. The zero-order valence-electron chi connectivity index (χ0n) is 34.5. The summed E-state index contributed by atoms with van der Waals surface area (Å²) < 4.78 is 33.6. The minimum Gasteiger partial charge on any atom is -0.394 e. The second-order valence-corrected chi connectivity index (χ2v) is 14.0. The quantitative estimate of drug-likeness (QED) is 0.0391. The van der Waals surface area contributed by atoms with Crippen LogP contribution in [0.4, 0.5) is 11.6 Å². The standard InChI is InChI=1S/C36H53N9O19/c1-19(48)39-20(32(56)38-5-9-60-11-13-62-18-27(51)41-24-3-7-45(36(58)43-24)34-31(55)29(53)22(16-47)64-34)14-25(49)37-4-8-59-10-12-61-17-26(50)40-23-2-6-44(35(57)42-23)33-30(54)28(52)21(15-46)63-33/h2-3,6-7,20-22,28-31,33-34,46-47,52-55H,4-5,8-18H2,1H3,(H,37,49)(H,38,56)(H,39,48)(H,40,42,50,57)(H,41,43,51,58)/t20-,21+,22+,28+,29+,30-,31-,33+,34+/m0/s1. The van der Waals surface area contributed by atoms with Crippen molar-refractivity contribution in [3.05, 3.63) is 45.5 Å². The average molecular weight is 916 g/mol. The Bertz CT molecular complexity index is 1990. The number of carbonyl (C=O) groups excluding carboxylic acids is 5. The van der Waals surface area contributed by atoms with E-state index in [0.717, 1.165) is 9.13 Å². The molecule has 4 heterocycles. The Morgan fingerprint density at radius 2 is 1.09 bits per heavy atom. The van der Waals surface area contributed by atoms with E-state index in [4.69, 9.17) is 28.4 Å². The van der Waals surface area contributed by atoms with Crippen LogP contribution >= 0.6 is 0 Å². The smallest absolute Gasteiger partial charge is 0.351 e. The molecule has 28 nitrogen and oxygen atoms in total. The topological polar surface area (TPSA) is 392 Å². The number of hydrogen-bond acceptors (Lipinski definition) is 21. The predicted molar refractivity (Wildman–Crippen MR) is 212 cm³/mol. The van der Waals surface area contributed by atoms with Gasteiger partial charge in [-0.2, -0.15) is 9.97 Å². The molecule has 356 valence electrons. The summed E-state index contributed by atoms with van der Waals surface area (Å²) in [6.45, 7) is -0.597. The number of aliphatic hydroxyl groups is 6. The second kappa shape index (κ2) is 25.8. The summed E-state index contributed by atoms with van der Waals surface area (Å²) in [5.74, 6) is -3.24. The number of aromatic nitrogens is 4. The largest absolute Gasteiger partial charge is 0.394 e. The van der Waals surface area contributed by atoms with Gasteiger partial charge in [-0.05, 0) is 12.1 Å². The summed E-state index contributed by atoms with van der Waals surface area (Å²) in [6.07, 6.45) is -8.54. The summed E-state index contributed by atoms with van der Waals surface area (Å²) in [7, 11) is 0. The van der Waals surface area contributed by atoms with Crippen molar-refractivity contribution < 1.29 is 83.0 Å². The fourth-order valence-corrected chi connectivity index (χ4v) is 6.04. The fourth-order valence-electron chi connectivity index (χ4n) is 6.04. The summed E-state index contributed by atoms with van der Waals surface area (Å²) in [5.41, 5.74) is -1.78. The minimum absolute atomic E-state index is 0.00735. The molecule has 5 amide bonds. The Kier molecular flexibility index (Phi) is 20.7. The molecule has 28 heteroatoms. The Labute approximate surface area is 362 Å². The van der Waals surface area contributed by atoms with Crippen molar-refractivity contribution in [1.82, 2.24) is 35.1 Å². The first-order chi connectivity index (χ1) is 30.6. The molecule has 2 aliphatic rings. The van der Waals surface area contributed by atoms with E-state index in [9.17, 15) is 64.2 Å². The summed E-state index contributed by atoms with van der Waals surface area (Å²) in [5, 5.41) is 70.8. The SMILES string of the molecule is CC(=O)N[C@@H](CC(=O)NCCOCCOCC(=O)Nc1ccn([C@@H]2O[C@H](CO)[C@@H](O)[C@@H]2O)c(=O)n1)C(=O)NCCOCCOCC(=O)Nc1ccn([C@@H]2O[C@H](CO)[C@@H](O)[C@@H]2O)c(=O)n1. The lowest BCUT2D eigenvalue weighted by molar-refractivity contribution is -0.131. The molecular formula is C36H53N9O19. The lowest BCUT2D eigenvalue weighted by Crippen LogP contribution is -2.49. The van der Waals surface area contributed by atoms with E-state index in [1.54, 1.807) is 0 Å². The van der Waals surface area contributed by atoms with Gasteiger partial charge >= 0.3 is 11.4 Å². The van der Waals surface area contributed by atoms with Crippen molar-refractivity contribution in [3.63, 3.8) is 0 Å². The lowest BCUT2D eigenvalue weighted by atomic mass is 10.1. The molecule has 2 aromatic rings. The zero-order chi connectivity index (χ0) is 46.8. The summed E-state index contributed by atoms with van der Waals surface area (Å²) in [6, 6.07) is 1.34. The van der Waals surface area contributed by atoms with E-state index in [0.29, 0.717) is 0 Å². The maximum Gasteiger partial charge on any atom is 0.351 e. The van der Waals surface area contributed by atoms with Gasteiger partial charge in [-0.15, -0.1) is 0 Å². The van der Waals surface area contributed by atoms with Crippen LogP contribution in [0.1, 0.15) is 25.8 Å². The number of amides is 5. The van der Waals surface area contributed by atoms with Crippen molar-refractivity contribution in [1.29, 1.82) is 0 Å². The molecule has 0 saturated carbocycles. The summed E-state index contributed by atoms with van der Waals surface area (Å²) in [4.78, 5) is 93.4. The minimum atomic E-state index is -1.49. The Morgan fingerprint density at radius 1 is 0.656 bits per heavy atom. The van der Waals surface area contributed by atoms with Crippen LogP contribution in [0.5, 0.6) is 0 Å². The van der Waals surface area contributed by atoms with Crippen molar-refractivity contribution in [3.8, 4) is 0 Å². The molecule has 64 heavy (non-hydrogen) atoms. The van der Waals surface area contributed by atoms with Gasteiger partial charge in [0, 0.05) is 32.4 Å². The third kappa shape index (κ3) is 15.4. The second-order valence-electron chi connectivity index (χ2n) is 14.0. The van der Waals surface area contributed by atoms with Crippen molar-refractivity contribution in [2.24, 2.45) is 0 Å². The van der Waals surface area contributed by atoms with Gasteiger partial charge < -0.3 is 85.6 Å². The van der Waals surface area contributed by atoms with Gasteiger partial charge in [0.25, 0.3) is 11.8 Å². The van der Waals surface area contributed by atoms with Crippen LogP contribution in [0.15, 0.2) is 34.1 Å². The molecule has 4 rings (SSSR count). The zero-order valence-corrected chi connectivity index (χ0v) is 34.5. The molecule has 0 aliphatic carbocycles. The molecule has 11 N–H and O–H groups in total. The number of aliphatic hydroxyl groups excluding tert-OH is 6. The highest BCUT2D eigenvalue weighted by atomic mass is 16.6. The van der Waals surface area contributed by atoms with E-state index in [2.05, 4.69) is 36.6 Å². The molecule has 0 radical (unpaired) electrons. The molecule has 9 atom stereocenters. The van der Waals surface area contributed by atoms with Gasteiger partial charge in [0.15, 0.2) is 12.5 Å². The highest BCUT2D eigenvalue weighted by molar-refractivity contribution is 5.92. The normalized spacial score (nSPS) is 23.3. The molecule has 2 saturated heterocycles. The van der Waals surface area contributed by atoms with Crippen molar-refractivity contribution in [2.45, 2.75) is 68.5 Å². The van der Waals surface area contributed by atoms with Crippen LogP contribution < -0.4 is 38.0 Å². The molecule has 0 unspecified atom stereocenters. The highest BCUT2D eigenvalue weighted by Gasteiger charge is 2.45. The first kappa shape index (κ1) is 51.3. The van der Waals surface area contributed by atoms with E-state index in [1.807, 2.05) is 0 Å². The van der Waals surface area contributed by atoms with Crippen LogP contribution in [0.25, 0.3) is 0 Å². The third-order valence-electron chi connectivity index (χ3n) is 9.19. The summed E-state index contributed by atoms with van der Waals surface area (Å²) >= 11 is 0. The first-order valence-corrected chi connectivity index (χ1v) is 19.8. The predicted octanol–water partition coefficient (Wildman–Crippen LogP) is -7.21. The van der Waals surface area contributed by atoms with Crippen LogP contribution in [-0.2, 0) is 52.4 Å². The van der Waals surface area contributed by atoms with Gasteiger partial charge in [-0.25, -0.2) is 9.59 Å². The number of ether oxygens (including phenoxy) is 6. The van der Waals surface area contributed by atoms with E-state index in [1.165, 1.54) is 31.5 Å². The van der Waals surface area contributed by atoms with E-state index >= 15 is 0 Å². The maximum absolute atomic E-state index is 12.7. The van der Waals surface area contributed by atoms with E-state index < -0.39 is 122 Å². The fraction of sp³-hybridized carbons (Fsp3) is 0.639. The Morgan fingerprint density at radius 3 is 1.50 bits per heavy atom. The van der Waals surface area contributed by atoms with Crippen LogP contribution in [0.2, 0.25) is 0 Å². The van der Waals surface area contributed by atoms with Gasteiger partial charge in [-0.3, -0.25) is 33.1 Å². The Balaban J connectivity index is 1.01. The molecule has 0 bridgehead atoms. The van der Waals surface area contributed by atoms with E-state index in [-0.39, 0.29) is 70.8 Å². The molecule has 0 aromatic carbocycles. The monoisotopic (exact) mass is 915 g/mol. The number of carbonyl (C=O) groups is 5. The number of nitrogens with zero attached hydrogens (tertiary/aromatic N) is 4. The molecular weight excluding hydrogens is 862 g/mol. The van der Waals surface area contributed by atoms with Gasteiger partial charge in [0.1, 0.15) is 67.5 Å². The molecule has 2 aromatic heterocycles. The lowest BCUT2D eigenvalue weighted by Gasteiger charge is -2.17. The molecule has 2 fully saturated rings. The Hall–Kier alpha value is -5.37. The number of hydrogen-bond donors (Lipinski definition) is 11. The molecule has 2 aliphatic heterocycles. The van der Waals surface area contributed by atoms with Crippen LogP contribution in [-0.4, -0.2) is 201 Å². The van der Waals surface area contributed by atoms with Gasteiger partial charge in [-0.1, -0.05) is 0 Å². The third-order valence-corrected chi connectivity index (χ3v) is 9.19. The van der Waals surface area contributed by atoms with Crippen molar-refractivity contribution >= 4 is 41.2 Å². The van der Waals surface area contributed by atoms with Crippen LogP contribution in [0, 0.1) is 0 Å². The first-order valence-electron chi connectivity index (χ1n) is 19.8. The highest BCUT2D eigenvalue weighted by Crippen LogP contribution is 2.29. The van der Waals surface area contributed by atoms with Gasteiger partial charge in [0.2, 0.25) is 17.7 Å².